The number of benzene rings is 1. The van der Waals surface area contributed by atoms with Crippen LogP contribution in [0.1, 0.15) is 35.9 Å². The molecule has 0 spiro atoms. The summed E-state index contributed by atoms with van der Waals surface area (Å²) < 4.78 is 33.2. The Hall–Kier alpha value is -1.90. The first-order valence-corrected chi connectivity index (χ1v) is 11.0. The van der Waals surface area contributed by atoms with E-state index in [1.165, 1.54) is 21.7 Å². The Bertz CT molecular complexity index is 857. The first-order chi connectivity index (χ1) is 12.5. The third-order valence-corrected chi connectivity index (χ3v) is 6.97. The van der Waals surface area contributed by atoms with E-state index in [-0.39, 0.29) is 10.8 Å². The zero-order chi connectivity index (χ0) is 18.6. The molecule has 3 rings (SSSR count). The SMILES string of the molecule is CCOc1ccc(NC(=O)c2cccs2)cc1S(=O)(=O)N1CCCCC1. The zero-order valence-electron chi connectivity index (χ0n) is 14.6. The first-order valence-electron chi connectivity index (χ1n) is 8.64. The number of nitrogens with zero attached hydrogens (tertiary/aromatic N) is 1. The van der Waals surface area contributed by atoms with Crippen LogP contribution in [0.3, 0.4) is 0 Å². The van der Waals surface area contributed by atoms with Crippen LogP contribution in [0.4, 0.5) is 5.69 Å². The van der Waals surface area contributed by atoms with Gasteiger partial charge < -0.3 is 10.1 Å². The largest absolute Gasteiger partial charge is 0.492 e. The van der Waals surface area contributed by atoms with Crippen molar-refractivity contribution >= 4 is 33.0 Å². The molecule has 0 unspecified atom stereocenters. The minimum Gasteiger partial charge on any atom is -0.492 e. The van der Waals surface area contributed by atoms with E-state index in [4.69, 9.17) is 4.74 Å². The molecule has 2 aromatic rings. The maximum atomic E-state index is 13.1. The molecule has 0 radical (unpaired) electrons. The highest BCUT2D eigenvalue weighted by atomic mass is 32.2. The highest BCUT2D eigenvalue weighted by Gasteiger charge is 2.29. The van der Waals surface area contributed by atoms with Gasteiger partial charge in [-0.15, -0.1) is 11.3 Å². The van der Waals surface area contributed by atoms with Gasteiger partial charge in [0, 0.05) is 18.8 Å². The number of thiophene rings is 1. The molecule has 0 atom stereocenters. The average molecular weight is 395 g/mol. The normalized spacial score (nSPS) is 15.6. The molecule has 1 aliphatic rings. The van der Waals surface area contributed by atoms with Crippen molar-refractivity contribution < 1.29 is 17.9 Å². The summed E-state index contributed by atoms with van der Waals surface area (Å²) in [5.74, 6) is 0.0534. The van der Waals surface area contributed by atoms with E-state index in [2.05, 4.69) is 5.32 Å². The van der Waals surface area contributed by atoms with Gasteiger partial charge in [-0.1, -0.05) is 12.5 Å². The van der Waals surface area contributed by atoms with E-state index >= 15 is 0 Å². The number of piperidine rings is 1. The molecular formula is C18H22N2O4S2. The second kappa shape index (κ2) is 8.20. The summed E-state index contributed by atoms with van der Waals surface area (Å²) in [5, 5.41) is 4.58. The maximum Gasteiger partial charge on any atom is 0.265 e. The summed E-state index contributed by atoms with van der Waals surface area (Å²) in [5.41, 5.74) is 0.433. The molecule has 1 aromatic carbocycles. The van der Waals surface area contributed by atoms with E-state index in [1.54, 1.807) is 24.3 Å². The standard InChI is InChI=1S/C18H22N2O4S2/c1-2-24-15-9-8-14(19-18(21)16-7-6-12-25-16)13-17(15)26(22,23)20-10-4-3-5-11-20/h6-9,12-13H,2-5,10-11H2,1H3,(H,19,21). The second-order valence-corrected chi connectivity index (χ2v) is 8.84. The van der Waals surface area contributed by atoms with Gasteiger partial charge in [-0.05, 0) is 49.4 Å². The number of anilines is 1. The number of rotatable bonds is 6. The molecule has 6 nitrogen and oxygen atoms in total. The minimum absolute atomic E-state index is 0.102. The topological polar surface area (TPSA) is 75.7 Å². The monoisotopic (exact) mass is 394 g/mol. The van der Waals surface area contributed by atoms with Crippen molar-refractivity contribution in [2.75, 3.05) is 25.0 Å². The van der Waals surface area contributed by atoms with E-state index < -0.39 is 10.0 Å². The second-order valence-electron chi connectivity index (χ2n) is 5.99. The van der Waals surface area contributed by atoms with Crippen molar-refractivity contribution in [1.82, 2.24) is 4.31 Å². The molecule has 1 saturated heterocycles. The first kappa shape index (κ1) is 18.9. The van der Waals surface area contributed by atoms with Crippen molar-refractivity contribution in [2.24, 2.45) is 0 Å². The summed E-state index contributed by atoms with van der Waals surface area (Å²) in [6.07, 6.45) is 2.76. The summed E-state index contributed by atoms with van der Waals surface area (Å²) in [6, 6.07) is 8.26. The number of nitrogens with one attached hydrogen (secondary N) is 1. The summed E-state index contributed by atoms with van der Waals surface area (Å²) >= 11 is 1.33. The zero-order valence-corrected chi connectivity index (χ0v) is 16.2. The lowest BCUT2D eigenvalue weighted by atomic mass is 10.2. The highest BCUT2D eigenvalue weighted by Crippen LogP contribution is 2.31. The van der Waals surface area contributed by atoms with Crippen LogP contribution in [0.2, 0.25) is 0 Å². The molecule has 0 saturated carbocycles. The van der Waals surface area contributed by atoms with Gasteiger partial charge in [0.2, 0.25) is 10.0 Å². The Morgan fingerprint density at radius 2 is 2.00 bits per heavy atom. The molecule has 1 N–H and O–H groups in total. The van der Waals surface area contributed by atoms with Crippen LogP contribution in [0.25, 0.3) is 0 Å². The summed E-state index contributed by atoms with van der Waals surface area (Å²) in [4.78, 5) is 12.9. The van der Waals surface area contributed by atoms with Gasteiger partial charge in [-0.2, -0.15) is 4.31 Å². The maximum absolute atomic E-state index is 13.1. The molecule has 140 valence electrons. The Morgan fingerprint density at radius 3 is 2.65 bits per heavy atom. The van der Waals surface area contributed by atoms with Crippen LogP contribution in [-0.2, 0) is 10.0 Å². The molecule has 1 aliphatic heterocycles. The highest BCUT2D eigenvalue weighted by molar-refractivity contribution is 7.89. The molecule has 0 bridgehead atoms. The fourth-order valence-corrected chi connectivity index (χ4v) is 5.20. The van der Waals surface area contributed by atoms with Gasteiger partial charge in [0.1, 0.15) is 10.6 Å². The Balaban J connectivity index is 1.92. The molecule has 2 heterocycles. The van der Waals surface area contributed by atoms with Crippen LogP contribution in [-0.4, -0.2) is 38.3 Å². The quantitative estimate of drug-likeness (QED) is 0.813. The smallest absolute Gasteiger partial charge is 0.265 e. The van der Waals surface area contributed by atoms with Crippen LogP contribution in [0.5, 0.6) is 5.75 Å². The number of carbonyl (C=O) groups excluding carboxylic acids is 1. The third-order valence-electron chi connectivity index (χ3n) is 4.18. The molecule has 1 amide bonds. The van der Waals surface area contributed by atoms with Gasteiger partial charge in [-0.25, -0.2) is 8.42 Å². The minimum atomic E-state index is -3.67. The predicted octanol–water partition coefficient (Wildman–Crippen LogP) is 3.57. The van der Waals surface area contributed by atoms with Crippen molar-refractivity contribution in [3.8, 4) is 5.75 Å². The number of hydrogen-bond donors (Lipinski definition) is 1. The number of hydrogen-bond acceptors (Lipinski definition) is 5. The lowest BCUT2D eigenvalue weighted by molar-refractivity contribution is 0.103. The van der Waals surface area contributed by atoms with Crippen molar-refractivity contribution in [3.63, 3.8) is 0 Å². The number of amides is 1. The number of ether oxygens (including phenoxy) is 1. The predicted molar refractivity (Wildman–Crippen MR) is 102 cm³/mol. The van der Waals surface area contributed by atoms with Crippen molar-refractivity contribution in [1.29, 1.82) is 0 Å². The van der Waals surface area contributed by atoms with Crippen molar-refractivity contribution in [2.45, 2.75) is 31.1 Å². The third kappa shape index (κ3) is 4.08. The molecule has 8 heteroatoms. The van der Waals surface area contributed by atoms with Crippen molar-refractivity contribution in [3.05, 3.63) is 40.6 Å². The van der Waals surface area contributed by atoms with E-state index in [9.17, 15) is 13.2 Å². The van der Waals surface area contributed by atoms with Gasteiger partial charge >= 0.3 is 0 Å². The average Bonchev–Trinajstić information content (AvgIpc) is 3.19. The number of sulfonamides is 1. The fraction of sp³-hybridized carbons (Fsp3) is 0.389. The summed E-state index contributed by atoms with van der Waals surface area (Å²) in [6.45, 7) is 3.20. The Kier molecular flexibility index (Phi) is 5.95. The molecule has 26 heavy (non-hydrogen) atoms. The fourth-order valence-electron chi connectivity index (χ4n) is 2.91. The molecule has 0 aliphatic carbocycles. The lowest BCUT2D eigenvalue weighted by Crippen LogP contribution is -2.35. The Morgan fingerprint density at radius 1 is 1.23 bits per heavy atom. The molecule has 1 fully saturated rings. The van der Waals surface area contributed by atoms with Gasteiger partial charge in [-0.3, -0.25) is 4.79 Å². The van der Waals surface area contributed by atoms with Crippen LogP contribution in [0.15, 0.2) is 40.6 Å². The van der Waals surface area contributed by atoms with Gasteiger partial charge in [0.05, 0.1) is 11.5 Å². The van der Waals surface area contributed by atoms with E-state index in [0.717, 1.165) is 19.3 Å². The Labute approximate surface area is 157 Å². The lowest BCUT2D eigenvalue weighted by Gasteiger charge is -2.27. The molecule has 1 aromatic heterocycles. The van der Waals surface area contributed by atoms with Crippen LogP contribution in [0, 0.1) is 0 Å². The van der Waals surface area contributed by atoms with E-state index in [1.807, 2.05) is 12.3 Å². The summed E-state index contributed by atoms with van der Waals surface area (Å²) in [7, 11) is -3.67. The van der Waals surface area contributed by atoms with Crippen LogP contribution < -0.4 is 10.1 Å². The van der Waals surface area contributed by atoms with E-state index in [0.29, 0.717) is 36.0 Å². The van der Waals surface area contributed by atoms with Gasteiger partial charge in [0.15, 0.2) is 0 Å². The van der Waals surface area contributed by atoms with Crippen LogP contribution >= 0.6 is 11.3 Å². The molecular weight excluding hydrogens is 372 g/mol. The van der Waals surface area contributed by atoms with Gasteiger partial charge in [0.25, 0.3) is 5.91 Å². The number of carbonyl (C=O) groups is 1.